The molecule has 0 saturated heterocycles. The van der Waals surface area contributed by atoms with E-state index >= 15 is 0 Å². The second-order valence-corrected chi connectivity index (χ2v) is 14.1. The number of furan rings is 1. The van der Waals surface area contributed by atoms with Crippen LogP contribution >= 0.6 is 0 Å². The van der Waals surface area contributed by atoms with E-state index in [-0.39, 0.29) is 0 Å². The molecule has 10 aromatic carbocycles. The Bertz CT molecular complexity index is 3200. The summed E-state index contributed by atoms with van der Waals surface area (Å²) in [4.78, 5) is 2.39. The summed E-state index contributed by atoms with van der Waals surface area (Å²) in [5, 5.41) is 12.2. The van der Waals surface area contributed by atoms with Gasteiger partial charge in [-0.15, -0.1) is 0 Å². The summed E-state index contributed by atoms with van der Waals surface area (Å²) in [7, 11) is 0. The molecular formula is C52H33NO. The third-order valence-electron chi connectivity index (χ3n) is 11.0. The van der Waals surface area contributed by atoms with Crippen LogP contribution in [0.2, 0.25) is 0 Å². The van der Waals surface area contributed by atoms with Crippen molar-refractivity contribution in [2.75, 3.05) is 4.90 Å². The van der Waals surface area contributed by atoms with Crippen molar-refractivity contribution in [1.82, 2.24) is 0 Å². The molecule has 54 heavy (non-hydrogen) atoms. The van der Waals surface area contributed by atoms with Crippen LogP contribution < -0.4 is 4.90 Å². The van der Waals surface area contributed by atoms with Crippen LogP contribution in [0.3, 0.4) is 0 Å². The van der Waals surface area contributed by atoms with Gasteiger partial charge in [-0.25, -0.2) is 0 Å². The summed E-state index contributed by atoms with van der Waals surface area (Å²) in [5.74, 6) is 0. The van der Waals surface area contributed by atoms with E-state index in [1.165, 1.54) is 60.0 Å². The predicted octanol–water partition coefficient (Wildman–Crippen LogP) is 15.0. The zero-order valence-electron chi connectivity index (χ0n) is 29.4. The Hall–Kier alpha value is -7.16. The average Bonchev–Trinajstić information content (AvgIpc) is 3.63. The molecule has 0 bridgehead atoms. The van der Waals surface area contributed by atoms with Crippen molar-refractivity contribution < 1.29 is 4.42 Å². The van der Waals surface area contributed by atoms with Gasteiger partial charge in [0, 0.05) is 33.6 Å². The van der Waals surface area contributed by atoms with Gasteiger partial charge in [-0.2, -0.15) is 0 Å². The zero-order chi connectivity index (χ0) is 35.6. The minimum absolute atomic E-state index is 0.876. The van der Waals surface area contributed by atoms with Crippen LogP contribution in [0.1, 0.15) is 0 Å². The monoisotopic (exact) mass is 687 g/mol. The van der Waals surface area contributed by atoms with Gasteiger partial charge in [-0.1, -0.05) is 158 Å². The lowest BCUT2D eigenvalue weighted by atomic mass is 9.90. The van der Waals surface area contributed by atoms with E-state index in [0.29, 0.717) is 0 Å². The molecule has 0 amide bonds. The number of para-hydroxylation sites is 1. The summed E-state index contributed by atoms with van der Waals surface area (Å²) < 4.78 is 6.57. The van der Waals surface area contributed by atoms with Crippen LogP contribution in [0.5, 0.6) is 0 Å². The fourth-order valence-corrected chi connectivity index (χ4v) is 8.54. The van der Waals surface area contributed by atoms with E-state index < -0.39 is 0 Å². The van der Waals surface area contributed by atoms with Crippen LogP contribution in [-0.2, 0) is 0 Å². The van der Waals surface area contributed by atoms with Gasteiger partial charge in [0.15, 0.2) is 0 Å². The van der Waals surface area contributed by atoms with E-state index in [1.54, 1.807) is 0 Å². The number of benzene rings is 10. The lowest BCUT2D eigenvalue weighted by molar-refractivity contribution is 0.669. The van der Waals surface area contributed by atoms with Crippen molar-refractivity contribution in [2.24, 2.45) is 0 Å². The van der Waals surface area contributed by atoms with Crippen molar-refractivity contribution in [2.45, 2.75) is 0 Å². The molecule has 0 N–H and O–H groups in total. The first-order chi connectivity index (χ1) is 26.8. The maximum Gasteiger partial charge on any atom is 0.138 e. The van der Waals surface area contributed by atoms with Crippen molar-refractivity contribution in [3.63, 3.8) is 0 Å². The van der Waals surface area contributed by atoms with Gasteiger partial charge >= 0.3 is 0 Å². The van der Waals surface area contributed by atoms with E-state index in [0.717, 1.165) is 44.4 Å². The summed E-state index contributed by atoms with van der Waals surface area (Å²) in [6, 6.07) is 72.2. The van der Waals surface area contributed by atoms with Gasteiger partial charge in [0.25, 0.3) is 0 Å². The van der Waals surface area contributed by atoms with Gasteiger partial charge in [-0.3, -0.25) is 0 Å². The quantitative estimate of drug-likeness (QED) is 0.168. The van der Waals surface area contributed by atoms with Crippen molar-refractivity contribution in [1.29, 1.82) is 0 Å². The standard InChI is InChI=1S/C52H33NO/c1-2-13-34(14-3-1)37-17-12-18-40(31-37)53(48-33-50-52(44-22-9-8-21-43(44)48)46-23-10-11-24-49(46)54-50)39-28-25-36(26-29-39)47-32-38-16-5-7-20-42(38)51-41-19-6-4-15-35(41)27-30-45(47)51/h1-33H. The number of hydrogen-bond donors (Lipinski definition) is 0. The SMILES string of the molecule is c1ccc(-c2cccc(N(c3ccc(-c4cc5ccccc5c5c4ccc4ccccc45)cc3)c3cc4oc5ccccc5c4c4ccccc34)c2)cc1. The zero-order valence-corrected chi connectivity index (χ0v) is 29.4. The molecule has 1 heterocycles. The predicted molar refractivity (Wildman–Crippen MR) is 229 cm³/mol. The Kier molecular flexibility index (Phi) is 6.90. The second-order valence-electron chi connectivity index (χ2n) is 14.1. The minimum Gasteiger partial charge on any atom is -0.456 e. The molecule has 0 radical (unpaired) electrons. The molecule has 1 aromatic heterocycles. The Balaban J connectivity index is 1.14. The molecule has 0 aliphatic rings. The Labute approximate surface area is 312 Å². The molecule has 11 aromatic rings. The van der Waals surface area contributed by atoms with Gasteiger partial charge in [0.1, 0.15) is 11.2 Å². The molecule has 0 unspecified atom stereocenters. The number of nitrogens with zero attached hydrogens (tertiary/aromatic N) is 1. The Morgan fingerprint density at radius 2 is 0.963 bits per heavy atom. The van der Waals surface area contributed by atoms with Gasteiger partial charge < -0.3 is 9.32 Å². The highest BCUT2D eigenvalue weighted by molar-refractivity contribution is 6.24. The average molecular weight is 688 g/mol. The molecule has 252 valence electrons. The Morgan fingerprint density at radius 1 is 0.315 bits per heavy atom. The fraction of sp³-hybridized carbons (Fsp3) is 0. The van der Waals surface area contributed by atoms with Crippen molar-refractivity contribution >= 4 is 82.1 Å². The Morgan fingerprint density at radius 3 is 1.78 bits per heavy atom. The highest BCUT2D eigenvalue weighted by Gasteiger charge is 2.21. The number of fused-ring (bicyclic) bond motifs is 10. The number of hydrogen-bond acceptors (Lipinski definition) is 2. The normalized spacial score (nSPS) is 11.7. The fourth-order valence-electron chi connectivity index (χ4n) is 8.54. The third kappa shape index (κ3) is 4.81. The topological polar surface area (TPSA) is 16.4 Å². The molecule has 0 saturated carbocycles. The van der Waals surface area contributed by atoms with Crippen molar-refractivity contribution in [3.05, 3.63) is 200 Å². The van der Waals surface area contributed by atoms with Crippen molar-refractivity contribution in [3.8, 4) is 22.3 Å². The van der Waals surface area contributed by atoms with Crippen LogP contribution in [0.4, 0.5) is 17.1 Å². The highest BCUT2D eigenvalue weighted by atomic mass is 16.3. The summed E-state index contributed by atoms with van der Waals surface area (Å²) >= 11 is 0. The van der Waals surface area contributed by atoms with Gasteiger partial charge in [0.05, 0.1) is 5.69 Å². The first kappa shape index (κ1) is 30.5. The molecule has 0 fully saturated rings. The van der Waals surface area contributed by atoms with Crippen LogP contribution in [0.15, 0.2) is 205 Å². The molecule has 0 atom stereocenters. The molecule has 0 aliphatic carbocycles. The molecule has 0 spiro atoms. The third-order valence-corrected chi connectivity index (χ3v) is 11.0. The molecule has 0 aliphatic heterocycles. The van der Waals surface area contributed by atoms with Gasteiger partial charge in [0.2, 0.25) is 0 Å². The van der Waals surface area contributed by atoms with E-state index in [1.807, 2.05) is 6.07 Å². The largest absolute Gasteiger partial charge is 0.456 e. The highest BCUT2D eigenvalue weighted by Crippen LogP contribution is 2.46. The lowest BCUT2D eigenvalue weighted by Crippen LogP contribution is -2.10. The molecule has 11 rings (SSSR count). The maximum atomic E-state index is 6.57. The number of rotatable bonds is 5. The van der Waals surface area contributed by atoms with Crippen LogP contribution in [0, 0.1) is 0 Å². The summed E-state index contributed by atoms with van der Waals surface area (Å²) in [6.07, 6.45) is 0. The van der Waals surface area contributed by atoms with E-state index in [2.05, 4.69) is 199 Å². The lowest BCUT2D eigenvalue weighted by Gasteiger charge is -2.28. The summed E-state index contributed by atoms with van der Waals surface area (Å²) in [5.41, 5.74) is 9.74. The maximum absolute atomic E-state index is 6.57. The second kappa shape index (κ2) is 12.2. The first-order valence-electron chi connectivity index (χ1n) is 18.5. The van der Waals surface area contributed by atoms with Gasteiger partial charge in [-0.05, 0) is 96.4 Å². The smallest absolute Gasteiger partial charge is 0.138 e. The van der Waals surface area contributed by atoms with E-state index in [9.17, 15) is 0 Å². The molecule has 2 heteroatoms. The number of anilines is 3. The van der Waals surface area contributed by atoms with Crippen LogP contribution in [0.25, 0.3) is 87.3 Å². The summed E-state index contributed by atoms with van der Waals surface area (Å²) in [6.45, 7) is 0. The first-order valence-corrected chi connectivity index (χ1v) is 18.5. The minimum atomic E-state index is 0.876. The molecule has 2 nitrogen and oxygen atoms in total. The van der Waals surface area contributed by atoms with Crippen LogP contribution in [-0.4, -0.2) is 0 Å². The van der Waals surface area contributed by atoms with E-state index in [4.69, 9.17) is 4.42 Å². The molecular weight excluding hydrogens is 655 g/mol.